The lowest BCUT2D eigenvalue weighted by Crippen LogP contribution is -2.68. The fraction of sp³-hybridized carbons (Fsp3) is 0.746. The zero-order chi connectivity index (χ0) is 59.3. The number of aliphatic imine (C=N–C) groups is 1. The molecule has 6 fully saturated rings. The molecule has 7 heterocycles. The molecule has 6 saturated heterocycles. The number of nitrogen functional groups attached to an aromatic ring is 1. The van der Waals surface area contributed by atoms with E-state index >= 15 is 14.0 Å². The highest BCUT2D eigenvalue weighted by molar-refractivity contribution is 5.75. The first-order valence-electron chi connectivity index (χ1n) is 28.8. The number of nitrogens with zero attached hydrogens (tertiary/aromatic N) is 6. The molecule has 1 aromatic carbocycles. The summed E-state index contributed by atoms with van der Waals surface area (Å²) in [7, 11) is 6.61. The molecule has 6 aliphatic heterocycles. The number of halogens is 1. The number of benzene rings is 1. The van der Waals surface area contributed by atoms with Gasteiger partial charge in [0.25, 0.3) is 0 Å². The normalized spacial score (nSPS) is 40.9. The molecule has 5 bridgehead atoms. The Morgan fingerprint density at radius 2 is 1.67 bits per heavy atom. The minimum atomic E-state index is -1.25. The molecule has 2 aromatic rings. The molecule has 3 unspecified atom stereocenters. The Kier molecular flexibility index (Phi) is 19.0. The largest absolute Gasteiger partial charge is 0.458 e. The molecule has 8 rings (SSSR count). The Hall–Kier alpha value is -4.46. The average molecular weight is 1140 g/mol. The lowest BCUT2D eigenvalue weighted by atomic mass is 9.61. The predicted molar refractivity (Wildman–Crippen MR) is 302 cm³/mol. The topological polar surface area (TPSA) is 260 Å². The number of alkyl halides is 1. The Balaban J connectivity index is 1.13. The molecule has 0 radical (unpaired) electrons. The molecule has 7 N–H and O–H groups in total. The summed E-state index contributed by atoms with van der Waals surface area (Å²) in [5.41, 5.74) is 4.34. The molecule has 0 saturated carbocycles. The van der Waals surface area contributed by atoms with Gasteiger partial charge in [-0.25, -0.2) is 25.0 Å². The van der Waals surface area contributed by atoms with E-state index < -0.39 is 138 Å². The number of carbonyl (C=O) groups is 2. The van der Waals surface area contributed by atoms with Crippen molar-refractivity contribution in [1.82, 2.24) is 30.1 Å². The van der Waals surface area contributed by atoms with Crippen LogP contribution in [-0.4, -0.2) is 197 Å². The number of hydrogen-bond acceptors (Lipinski definition) is 20. The van der Waals surface area contributed by atoms with Crippen LogP contribution in [0.5, 0.6) is 0 Å². The number of nitrogens with one attached hydrogen (secondary N) is 1. The monoisotopic (exact) mass is 1140 g/mol. The maximum atomic E-state index is 15.2. The first-order chi connectivity index (χ1) is 38.3. The van der Waals surface area contributed by atoms with Gasteiger partial charge in [0.15, 0.2) is 11.9 Å². The van der Waals surface area contributed by atoms with Crippen molar-refractivity contribution in [2.24, 2.45) is 40.4 Å². The lowest BCUT2D eigenvalue weighted by Gasteiger charge is -2.56. The van der Waals surface area contributed by atoms with Crippen molar-refractivity contribution < 1.29 is 62.1 Å². The summed E-state index contributed by atoms with van der Waals surface area (Å²) < 4.78 is 68.2. The van der Waals surface area contributed by atoms with Gasteiger partial charge < -0.3 is 69.1 Å². The van der Waals surface area contributed by atoms with Gasteiger partial charge in [0.1, 0.15) is 37.1 Å². The third-order valence-electron chi connectivity index (χ3n) is 20.2. The number of fused-ring (bicyclic) bond motifs is 2. The highest BCUT2D eigenvalue weighted by atomic mass is 19.1. The molecular formula is C59H92FN9O12. The van der Waals surface area contributed by atoms with Crippen LogP contribution in [0, 0.1) is 29.6 Å². The van der Waals surface area contributed by atoms with Crippen LogP contribution < -0.4 is 16.9 Å². The van der Waals surface area contributed by atoms with Gasteiger partial charge in [0.2, 0.25) is 5.95 Å². The number of anilines is 1. The summed E-state index contributed by atoms with van der Waals surface area (Å²) in [6.07, 6.45) is -1.88. The molecule has 6 aliphatic rings. The number of methoxy groups -OCH3 is 3. The number of aliphatic hydroxyl groups excluding tert-OH is 2. The zero-order valence-electron chi connectivity index (χ0n) is 50.0. The minimum Gasteiger partial charge on any atom is -0.458 e. The first kappa shape index (κ1) is 62.6. The van der Waals surface area contributed by atoms with Crippen molar-refractivity contribution in [3.8, 4) is 11.1 Å². The highest BCUT2D eigenvalue weighted by Crippen LogP contribution is 2.55. The number of hydrazine groups is 1. The van der Waals surface area contributed by atoms with Crippen molar-refractivity contribution in [3.63, 3.8) is 0 Å². The Bertz CT molecular complexity index is 2540. The summed E-state index contributed by atoms with van der Waals surface area (Å²) in [5, 5.41) is 29.7. The maximum absolute atomic E-state index is 15.2. The third kappa shape index (κ3) is 11.6. The quantitative estimate of drug-likeness (QED) is 0.0528. The summed E-state index contributed by atoms with van der Waals surface area (Å²) in [6, 6.07) is 4.69. The molecular weight excluding hydrogens is 1050 g/mol. The van der Waals surface area contributed by atoms with Crippen LogP contribution in [0.4, 0.5) is 15.1 Å². The molecule has 22 heteroatoms. The second-order valence-electron chi connectivity index (χ2n) is 24.8. The summed E-state index contributed by atoms with van der Waals surface area (Å²) >= 11 is 0. The smallest absolute Gasteiger partial charge is 0.411 e. The fourth-order valence-electron chi connectivity index (χ4n) is 14.9. The number of ether oxygens (including phenoxy) is 8. The van der Waals surface area contributed by atoms with Crippen LogP contribution in [-0.2, 0) is 42.7 Å². The van der Waals surface area contributed by atoms with E-state index in [1.807, 2.05) is 82.7 Å². The summed E-state index contributed by atoms with van der Waals surface area (Å²) in [4.78, 5) is 46.7. The van der Waals surface area contributed by atoms with Gasteiger partial charge >= 0.3 is 12.1 Å². The summed E-state index contributed by atoms with van der Waals surface area (Å²) in [5.74, 6) is 3.49. The molecule has 1 amide bonds. The second kappa shape index (κ2) is 24.6. The van der Waals surface area contributed by atoms with Crippen LogP contribution in [0.25, 0.3) is 11.1 Å². The van der Waals surface area contributed by atoms with Gasteiger partial charge in [0.05, 0.1) is 59.3 Å². The number of aromatic nitrogens is 2. The Morgan fingerprint density at radius 1 is 1.00 bits per heavy atom. The van der Waals surface area contributed by atoms with E-state index in [2.05, 4.69) is 47.8 Å². The molecule has 452 valence electrons. The molecule has 81 heavy (non-hydrogen) atoms. The standard InChI is InChI=1S/C59H92FN9O12/c1-16-44-59(10)49-34(5)58(9)31(2)24-57(8,76-15)51(46(42(29-66-58)69(49)55(73)81-59)45(33(4)52(72)79-44)43-25-56(7,75-14)50(71)35(6)78-43)80-53-47(70)40(23-32(3)77-53)67(12)22-21-39(63-11)30-68(62)41(26-60)48(74-13)37-19-17-36(18-20-37)38-27-64-54(61)65-28-38/h17-20,27-28,30-35,40-51,53,66,70-71H,11,16,21-26,29,62H2,1-10,12-15H3,(H2,61,64,65)/b39-30-/t31-,32-,33-,34+,35+,40+,41-,42?,43-,44-,45?,46+,47-,48-,49-,50+,51-,53+,56-,57-,58?,59-/m1/s1. The number of cyclic esters (lactones) is 1. The van der Waals surface area contributed by atoms with E-state index in [0.717, 1.165) is 11.1 Å². The van der Waals surface area contributed by atoms with Gasteiger partial charge in [-0.3, -0.25) is 14.7 Å². The van der Waals surface area contributed by atoms with Crippen LogP contribution in [0.2, 0.25) is 0 Å². The average Bonchev–Trinajstić information content (AvgIpc) is 3.97. The van der Waals surface area contributed by atoms with E-state index in [1.54, 1.807) is 39.7 Å². The number of hydrogen-bond donors (Lipinski definition) is 5. The number of rotatable bonds is 18. The van der Waals surface area contributed by atoms with Gasteiger partial charge in [-0.15, -0.1) is 0 Å². The zero-order valence-corrected chi connectivity index (χ0v) is 50.0. The summed E-state index contributed by atoms with van der Waals surface area (Å²) in [6.45, 7) is 23.4. The minimum absolute atomic E-state index is 0.119. The van der Waals surface area contributed by atoms with Crippen LogP contribution in [0.3, 0.4) is 0 Å². The van der Waals surface area contributed by atoms with Gasteiger partial charge in [-0.05, 0) is 97.5 Å². The van der Waals surface area contributed by atoms with E-state index in [-0.39, 0.29) is 30.7 Å². The van der Waals surface area contributed by atoms with Crippen LogP contribution in [0.1, 0.15) is 113 Å². The number of nitrogens with two attached hydrogens (primary N) is 2. The number of likely N-dealkylation sites (N-methyl/N-ethyl adjacent to an activating group) is 1. The van der Waals surface area contributed by atoms with Gasteiger partial charge in [-0.2, -0.15) is 0 Å². The molecule has 22 atom stereocenters. The van der Waals surface area contributed by atoms with Crippen LogP contribution >= 0.6 is 0 Å². The molecule has 0 aliphatic carbocycles. The SMILES string of the molecule is C=N/C(=C\N(N)[C@H](CF)[C@H](OC)c1ccc(-c2cnc(N)nc2)cc1)CCN(C)[C@H]1C[C@@H](C)O[C@@H](O[C@@H]2[C@@H]3C([C@H]4C[C@@](C)(OC)[C@@H](O)[C@H](C)O4)[C@@H](C)C(=O)O[C@H](CC)[C@@]4(C)OC(=O)N5C3CNC(C)([C@H](C)C[C@@]2(C)OC)[C@@H](C)[C@@H]54)[C@@H]1O. The fourth-order valence-corrected chi connectivity index (χ4v) is 14.9. The van der Waals surface area contributed by atoms with Crippen molar-refractivity contribution in [2.45, 2.75) is 203 Å². The second-order valence-corrected chi connectivity index (χ2v) is 24.8. The van der Waals surface area contributed by atoms with E-state index in [4.69, 9.17) is 49.5 Å². The molecule has 0 spiro atoms. The van der Waals surface area contributed by atoms with Gasteiger partial charge in [0, 0.05) is 94.8 Å². The van der Waals surface area contributed by atoms with Crippen molar-refractivity contribution >= 4 is 24.7 Å². The van der Waals surface area contributed by atoms with E-state index in [9.17, 15) is 10.2 Å². The highest BCUT2D eigenvalue weighted by Gasteiger charge is 2.69. The number of esters is 1. The van der Waals surface area contributed by atoms with Crippen molar-refractivity contribution in [1.29, 1.82) is 0 Å². The first-order valence-corrected chi connectivity index (χ1v) is 28.8. The molecule has 21 nitrogen and oxygen atoms in total. The lowest BCUT2D eigenvalue weighted by molar-refractivity contribution is -0.310. The predicted octanol–water partition coefficient (Wildman–Crippen LogP) is 5.58. The molecule has 1 aromatic heterocycles. The Labute approximate surface area is 477 Å². The number of aliphatic hydroxyl groups is 2. The van der Waals surface area contributed by atoms with Crippen molar-refractivity contribution in [3.05, 3.63) is 54.1 Å². The van der Waals surface area contributed by atoms with Gasteiger partial charge in [-0.1, -0.05) is 52.0 Å². The van der Waals surface area contributed by atoms with Crippen LogP contribution in [0.15, 0.2) is 53.5 Å². The third-order valence-corrected chi connectivity index (χ3v) is 20.2. The van der Waals surface area contributed by atoms with Crippen molar-refractivity contribution in [2.75, 3.05) is 53.9 Å². The number of carbonyl (C=O) groups excluding carboxylic acids is 2. The Morgan fingerprint density at radius 3 is 2.27 bits per heavy atom. The van der Waals surface area contributed by atoms with E-state index in [1.165, 1.54) is 12.1 Å². The van der Waals surface area contributed by atoms with E-state index in [0.29, 0.717) is 43.5 Å². The number of amides is 1. The maximum Gasteiger partial charge on any atom is 0.411 e.